The number of hydrogen-bond donors (Lipinski definition) is 0. The first-order chi connectivity index (χ1) is 12.8. The van der Waals surface area contributed by atoms with Crippen LogP contribution in [0.2, 0.25) is 0 Å². The number of aromatic nitrogens is 2. The van der Waals surface area contributed by atoms with Gasteiger partial charge in [-0.15, -0.1) is 0 Å². The van der Waals surface area contributed by atoms with E-state index in [0.717, 1.165) is 58.2 Å². The number of fused-ring (bicyclic) bond motifs is 1. The van der Waals surface area contributed by atoms with Crippen molar-refractivity contribution in [3.05, 3.63) is 53.9 Å². The van der Waals surface area contributed by atoms with Crippen LogP contribution in [-0.4, -0.2) is 64.9 Å². The molecule has 0 radical (unpaired) electrons. The van der Waals surface area contributed by atoms with Crippen molar-refractivity contribution in [2.24, 2.45) is 0 Å². The number of piperazine rings is 1. The van der Waals surface area contributed by atoms with Crippen LogP contribution in [0.25, 0.3) is 0 Å². The molecule has 0 saturated carbocycles. The van der Waals surface area contributed by atoms with Crippen LogP contribution in [0.5, 0.6) is 0 Å². The first-order valence-corrected chi connectivity index (χ1v) is 9.38. The number of nitrogens with zero attached hydrogens (tertiary/aromatic N) is 5. The molecule has 0 unspecified atom stereocenters. The largest absolute Gasteiger partial charge is 0.339 e. The third kappa shape index (κ3) is 3.85. The number of hydrogen-bond acceptors (Lipinski definition) is 5. The molecule has 2 aromatic rings. The second kappa shape index (κ2) is 7.83. The summed E-state index contributed by atoms with van der Waals surface area (Å²) in [6.45, 7) is 5.95. The molecule has 0 aliphatic carbocycles. The van der Waals surface area contributed by atoms with E-state index in [-0.39, 0.29) is 5.91 Å². The molecule has 0 N–H and O–H groups in total. The molecule has 26 heavy (non-hydrogen) atoms. The Bertz CT molecular complexity index is 743. The molecule has 136 valence electrons. The maximum absolute atomic E-state index is 12.6. The lowest BCUT2D eigenvalue weighted by Crippen LogP contribution is -2.49. The summed E-state index contributed by atoms with van der Waals surface area (Å²) in [5, 5.41) is 0. The summed E-state index contributed by atoms with van der Waals surface area (Å²) in [6, 6.07) is 10.5. The van der Waals surface area contributed by atoms with Crippen LogP contribution in [0.3, 0.4) is 0 Å². The van der Waals surface area contributed by atoms with Gasteiger partial charge in [0.1, 0.15) is 0 Å². The molecule has 0 spiro atoms. The van der Waals surface area contributed by atoms with E-state index in [1.807, 2.05) is 11.0 Å². The summed E-state index contributed by atoms with van der Waals surface area (Å²) in [6.07, 6.45) is 5.21. The summed E-state index contributed by atoms with van der Waals surface area (Å²) in [7, 11) is 0. The summed E-state index contributed by atoms with van der Waals surface area (Å²) in [4.78, 5) is 27.7. The maximum atomic E-state index is 12.6. The average Bonchev–Trinajstić information content (AvgIpc) is 2.72. The smallest absolute Gasteiger partial charge is 0.225 e. The molecule has 2 aliphatic heterocycles. The fourth-order valence-electron chi connectivity index (χ4n) is 3.77. The van der Waals surface area contributed by atoms with Crippen LogP contribution in [0.4, 0.5) is 5.95 Å². The zero-order valence-corrected chi connectivity index (χ0v) is 15.0. The first-order valence-electron chi connectivity index (χ1n) is 9.38. The molecule has 1 saturated heterocycles. The average molecular weight is 351 g/mol. The minimum atomic E-state index is 0.262. The highest BCUT2D eigenvalue weighted by Gasteiger charge is 2.23. The van der Waals surface area contributed by atoms with E-state index in [2.05, 4.69) is 44.0 Å². The normalized spacial score (nSPS) is 17.8. The van der Waals surface area contributed by atoms with Gasteiger partial charge in [0.15, 0.2) is 0 Å². The molecule has 6 nitrogen and oxygen atoms in total. The minimum Gasteiger partial charge on any atom is -0.339 e. The highest BCUT2D eigenvalue weighted by atomic mass is 16.2. The third-order valence-corrected chi connectivity index (χ3v) is 5.32. The molecule has 6 heteroatoms. The van der Waals surface area contributed by atoms with Gasteiger partial charge in [0.2, 0.25) is 11.9 Å². The van der Waals surface area contributed by atoms with Gasteiger partial charge in [-0.25, -0.2) is 9.97 Å². The Labute approximate surface area is 154 Å². The van der Waals surface area contributed by atoms with E-state index in [1.54, 1.807) is 12.4 Å². The van der Waals surface area contributed by atoms with E-state index >= 15 is 0 Å². The van der Waals surface area contributed by atoms with Crippen LogP contribution in [0.15, 0.2) is 42.7 Å². The molecule has 1 aromatic carbocycles. The van der Waals surface area contributed by atoms with Crippen molar-refractivity contribution in [2.75, 3.05) is 44.2 Å². The Hall–Kier alpha value is -2.47. The molecular formula is C20H25N5O. The van der Waals surface area contributed by atoms with Crippen molar-refractivity contribution in [2.45, 2.75) is 19.4 Å². The third-order valence-electron chi connectivity index (χ3n) is 5.32. The maximum Gasteiger partial charge on any atom is 0.225 e. The standard InChI is InChI=1S/C20H25N5O/c26-19(7-11-23-10-6-17-4-1-2-5-18(17)16-23)24-12-14-25(15-13-24)20-21-8-3-9-22-20/h1-5,8-9H,6-7,10-16H2. The highest BCUT2D eigenvalue weighted by Crippen LogP contribution is 2.18. The molecule has 4 rings (SSSR count). The topological polar surface area (TPSA) is 52.6 Å². The Morgan fingerprint density at radius 3 is 2.42 bits per heavy atom. The predicted octanol–water partition coefficient (Wildman–Crippen LogP) is 1.57. The monoisotopic (exact) mass is 351 g/mol. The lowest BCUT2D eigenvalue weighted by Gasteiger charge is -2.35. The Kier molecular flexibility index (Phi) is 5.11. The van der Waals surface area contributed by atoms with E-state index in [4.69, 9.17) is 0 Å². The van der Waals surface area contributed by atoms with E-state index < -0.39 is 0 Å². The second-order valence-corrected chi connectivity index (χ2v) is 6.96. The minimum absolute atomic E-state index is 0.262. The molecule has 0 bridgehead atoms. The SMILES string of the molecule is O=C(CCN1CCc2ccccc2C1)N1CCN(c2ncccn2)CC1. The van der Waals surface area contributed by atoms with Crippen molar-refractivity contribution in [1.29, 1.82) is 0 Å². The van der Waals surface area contributed by atoms with Crippen LogP contribution >= 0.6 is 0 Å². The summed E-state index contributed by atoms with van der Waals surface area (Å²) < 4.78 is 0. The van der Waals surface area contributed by atoms with Gasteiger partial charge < -0.3 is 9.80 Å². The van der Waals surface area contributed by atoms with E-state index in [9.17, 15) is 4.79 Å². The van der Waals surface area contributed by atoms with Gasteiger partial charge in [-0.2, -0.15) is 0 Å². The zero-order chi connectivity index (χ0) is 17.8. The van der Waals surface area contributed by atoms with Gasteiger partial charge >= 0.3 is 0 Å². The second-order valence-electron chi connectivity index (χ2n) is 6.96. The van der Waals surface area contributed by atoms with Crippen LogP contribution < -0.4 is 4.90 Å². The lowest BCUT2D eigenvalue weighted by atomic mass is 10.00. The molecule has 1 amide bonds. The van der Waals surface area contributed by atoms with Gasteiger partial charge in [0.05, 0.1) is 0 Å². The lowest BCUT2D eigenvalue weighted by molar-refractivity contribution is -0.131. The van der Waals surface area contributed by atoms with Crippen molar-refractivity contribution in [3.8, 4) is 0 Å². The van der Waals surface area contributed by atoms with Gasteiger partial charge in [-0.05, 0) is 23.6 Å². The Balaban J connectivity index is 1.24. The molecule has 0 atom stereocenters. The highest BCUT2D eigenvalue weighted by molar-refractivity contribution is 5.76. The fraction of sp³-hybridized carbons (Fsp3) is 0.450. The van der Waals surface area contributed by atoms with Crippen LogP contribution in [-0.2, 0) is 17.8 Å². The molecule has 2 aliphatic rings. The zero-order valence-electron chi connectivity index (χ0n) is 15.0. The summed E-state index contributed by atoms with van der Waals surface area (Å²) in [5.74, 6) is 1.02. The number of anilines is 1. The van der Waals surface area contributed by atoms with Crippen molar-refractivity contribution in [3.63, 3.8) is 0 Å². The molecule has 1 fully saturated rings. The van der Waals surface area contributed by atoms with Crippen molar-refractivity contribution >= 4 is 11.9 Å². The number of carbonyl (C=O) groups excluding carboxylic acids is 1. The summed E-state index contributed by atoms with van der Waals surface area (Å²) >= 11 is 0. The van der Waals surface area contributed by atoms with Gasteiger partial charge in [-0.3, -0.25) is 9.69 Å². The van der Waals surface area contributed by atoms with Crippen LogP contribution in [0.1, 0.15) is 17.5 Å². The van der Waals surface area contributed by atoms with Crippen molar-refractivity contribution in [1.82, 2.24) is 19.8 Å². The van der Waals surface area contributed by atoms with Gasteiger partial charge in [0, 0.05) is 64.6 Å². The fourth-order valence-corrected chi connectivity index (χ4v) is 3.77. The molecular weight excluding hydrogens is 326 g/mol. The van der Waals surface area contributed by atoms with Gasteiger partial charge in [-0.1, -0.05) is 24.3 Å². The number of amides is 1. The summed E-state index contributed by atoms with van der Waals surface area (Å²) in [5.41, 5.74) is 2.86. The first kappa shape index (κ1) is 17.0. The van der Waals surface area contributed by atoms with Gasteiger partial charge in [0.25, 0.3) is 0 Å². The molecule has 3 heterocycles. The number of carbonyl (C=O) groups is 1. The van der Waals surface area contributed by atoms with Crippen LogP contribution in [0, 0.1) is 0 Å². The number of rotatable bonds is 4. The number of benzene rings is 1. The predicted molar refractivity (Wildman–Crippen MR) is 101 cm³/mol. The molecule has 1 aromatic heterocycles. The van der Waals surface area contributed by atoms with E-state index in [1.165, 1.54) is 11.1 Å². The van der Waals surface area contributed by atoms with E-state index in [0.29, 0.717) is 6.42 Å². The Morgan fingerprint density at radius 1 is 0.923 bits per heavy atom. The quantitative estimate of drug-likeness (QED) is 0.837. The Morgan fingerprint density at radius 2 is 1.65 bits per heavy atom. The van der Waals surface area contributed by atoms with Crippen molar-refractivity contribution < 1.29 is 4.79 Å².